The van der Waals surface area contributed by atoms with E-state index in [-0.39, 0.29) is 10.9 Å². The van der Waals surface area contributed by atoms with Gasteiger partial charge in [-0.3, -0.25) is 4.79 Å². The fourth-order valence-electron chi connectivity index (χ4n) is 1.90. The third-order valence-electron chi connectivity index (χ3n) is 3.13. The summed E-state index contributed by atoms with van der Waals surface area (Å²) < 4.78 is 24.7. The van der Waals surface area contributed by atoms with Crippen LogP contribution < -0.4 is 11.1 Å². The van der Waals surface area contributed by atoms with Gasteiger partial charge in [-0.25, -0.2) is 8.42 Å². The summed E-state index contributed by atoms with van der Waals surface area (Å²) in [5, 5.41) is 1.59. The zero-order valence-electron chi connectivity index (χ0n) is 12.1. The second-order valence-electron chi connectivity index (χ2n) is 4.96. The highest BCUT2D eigenvalue weighted by Crippen LogP contribution is 2.18. The van der Waals surface area contributed by atoms with Gasteiger partial charge in [-0.05, 0) is 38.5 Å². The second kappa shape index (κ2) is 6.74. The minimum atomic E-state index is -3.71. The van der Waals surface area contributed by atoms with E-state index in [1.54, 1.807) is 12.1 Å². The van der Waals surface area contributed by atoms with Crippen LogP contribution in [0.5, 0.6) is 0 Å². The van der Waals surface area contributed by atoms with Gasteiger partial charge in [-0.2, -0.15) is 0 Å². The van der Waals surface area contributed by atoms with Crippen molar-refractivity contribution >= 4 is 21.4 Å². The molecule has 0 fully saturated rings. The van der Waals surface area contributed by atoms with Gasteiger partial charge in [0.1, 0.15) is 5.25 Å². The SMILES string of the molecule is CCCC(C)NC(=O)C(C)S(=O)(=O)c1cccc(N)c1. The molecule has 0 saturated heterocycles. The van der Waals surface area contributed by atoms with Crippen LogP contribution in [0.3, 0.4) is 0 Å². The molecule has 20 heavy (non-hydrogen) atoms. The number of nitrogen functional groups attached to an aromatic ring is 1. The summed E-state index contributed by atoms with van der Waals surface area (Å²) in [6.07, 6.45) is 1.74. The number of carbonyl (C=O) groups excluding carboxylic acids is 1. The predicted molar refractivity (Wildman–Crippen MR) is 80.0 cm³/mol. The molecule has 2 unspecified atom stereocenters. The number of anilines is 1. The first-order valence-electron chi connectivity index (χ1n) is 6.68. The molecule has 6 heteroatoms. The molecule has 0 radical (unpaired) electrons. The maximum absolute atomic E-state index is 12.3. The van der Waals surface area contributed by atoms with E-state index in [1.165, 1.54) is 19.1 Å². The van der Waals surface area contributed by atoms with Gasteiger partial charge < -0.3 is 11.1 Å². The molecule has 0 aliphatic heterocycles. The first kappa shape index (κ1) is 16.5. The van der Waals surface area contributed by atoms with Crippen LogP contribution in [0, 0.1) is 0 Å². The van der Waals surface area contributed by atoms with E-state index in [2.05, 4.69) is 5.32 Å². The Balaban J connectivity index is 2.89. The average molecular weight is 298 g/mol. The summed E-state index contributed by atoms with van der Waals surface area (Å²) in [5.41, 5.74) is 5.95. The van der Waals surface area contributed by atoms with Crippen LogP contribution >= 0.6 is 0 Å². The summed E-state index contributed by atoms with van der Waals surface area (Å²) in [6.45, 7) is 5.27. The number of carbonyl (C=O) groups is 1. The average Bonchev–Trinajstić information content (AvgIpc) is 2.37. The van der Waals surface area contributed by atoms with Crippen LogP contribution in [0.25, 0.3) is 0 Å². The lowest BCUT2D eigenvalue weighted by Gasteiger charge is -2.17. The lowest BCUT2D eigenvalue weighted by atomic mass is 10.2. The zero-order valence-corrected chi connectivity index (χ0v) is 12.9. The first-order chi connectivity index (χ1) is 9.28. The lowest BCUT2D eigenvalue weighted by Crippen LogP contribution is -2.42. The highest BCUT2D eigenvalue weighted by atomic mass is 32.2. The molecule has 1 aromatic carbocycles. The summed E-state index contributed by atoms with van der Waals surface area (Å²) in [5.74, 6) is -0.478. The first-order valence-corrected chi connectivity index (χ1v) is 8.23. The molecule has 2 atom stereocenters. The number of nitrogens with two attached hydrogens (primary N) is 1. The van der Waals surface area contributed by atoms with E-state index in [0.29, 0.717) is 5.69 Å². The fourth-order valence-corrected chi connectivity index (χ4v) is 3.23. The third kappa shape index (κ3) is 3.96. The lowest BCUT2D eigenvalue weighted by molar-refractivity contribution is -0.121. The maximum atomic E-state index is 12.3. The van der Waals surface area contributed by atoms with Gasteiger partial charge in [0.25, 0.3) is 0 Å². The van der Waals surface area contributed by atoms with Gasteiger partial charge in [0.15, 0.2) is 9.84 Å². The molecule has 0 aliphatic carbocycles. The van der Waals surface area contributed by atoms with Crippen LogP contribution in [0.1, 0.15) is 33.6 Å². The van der Waals surface area contributed by atoms with Gasteiger partial charge in [0, 0.05) is 11.7 Å². The molecular weight excluding hydrogens is 276 g/mol. The van der Waals surface area contributed by atoms with Gasteiger partial charge in [-0.15, -0.1) is 0 Å². The van der Waals surface area contributed by atoms with Crippen molar-refractivity contribution in [1.29, 1.82) is 0 Å². The molecule has 0 aromatic heterocycles. The molecule has 1 aromatic rings. The fraction of sp³-hybridized carbons (Fsp3) is 0.500. The summed E-state index contributed by atoms with van der Waals surface area (Å²) >= 11 is 0. The predicted octanol–water partition coefficient (Wildman–Crippen LogP) is 1.74. The Bertz CT molecular complexity index is 570. The van der Waals surface area contributed by atoms with Crippen LogP contribution in [-0.2, 0) is 14.6 Å². The topological polar surface area (TPSA) is 89.3 Å². The van der Waals surface area contributed by atoms with E-state index in [4.69, 9.17) is 5.73 Å². The molecule has 0 aliphatic rings. The smallest absolute Gasteiger partial charge is 0.238 e. The van der Waals surface area contributed by atoms with E-state index < -0.39 is 21.0 Å². The highest BCUT2D eigenvalue weighted by Gasteiger charge is 2.30. The summed E-state index contributed by atoms with van der Waals surface area (Å²) in [4.78, 5) is 12.1. The van der Waals surface area contributed by atoms with Crippen LogP contribution in [-0.4, -0.2) is 25.6 Å². The normalized spacial score (nSPS) is 14.6. The van der Waals surface area contributed by atoms with Gasteiger partial charge in [0.2, 0.25) is 5.91 Å². The standard InChI is InChI=1S/C14H22N2O3S/c1-4-6-10(2)16-14(17)11(3)20(18,19)13-8-5-7-12(15)9-13/h5,7-11H,4,6,15H2,1-3H3,(H,16,17). The third-order valence-corrected chi connectivity index (χ3v) is 5.19. The number of rotatable bonds is 6. The van der Waals surface area contributed by atoms with Crippen molar-refractivity contribution in [3.63, 3.8) is 0 Å². The quantitative estimate of drug-likeness (QED) is 0.783. The number of amides is 1. The maximum Gasteiger partial charge on any atom is 0.238 e. The van der Waals surface area contributed by atoms with Crippen molar-refractivity contribution in [2.24, 2.45) is 0 Å². The molecule has 0 saturated carbocycles. The number of hydrogen-bond acceptors (Lipinski definition) is 4. The van der Waals surface area contributed by atoms with Gasteiger partial charge >= 0.3 is 0 Å². The van der Waals surface area contributed by atoms with E-state index >= 15 is 0 Å². The van der Waals surface area contributed by atoms with Crippen molar-refractivity contribution in [3.05, 3.63) is 24.3 Å². The molecule has 112 valence electrons. The largest absolute Gasteiger partial charge is 0.399 e. The van der Waals surface area contributed by atoms with Crippen molar-refractivity contribution in [2.75, 3.05) is 5.73 Å². The zero-order chi connectivity index (χ0) is 15.3. The minimum Gasteiger partial charge on any atom is -0.399 e. The number of sulfone groups is 1. The summed E-state index contributed by atoms with van der Waals surface area (Å²) in [7, 11) is -3.71. The van der Waals surface area contributed by atoms with E-state index in [0.717, 1.165) is 12.8 Å². The number of benzene rings is 1. The monoisotopic (exact) mass is 298 g/mol. The molecule has 0 bridgehead atoms. The molecule has 0 heterocycles. The van der Waals surface area contributed by atoms with Crippen LogP contribution in [0.15, 0.2) is 29.2 Å². The molecule has 5 nitrogen and oxygen atoms in total. The van der Waals surface area contributed by atoms with E-state index in [9.17, 15) is 13.2 Å². The second-order valence-corrected chi connectivity index (χ2v) is 7.23. The highest BCUT2D eigenvalue weighted by molar-refractivity contribution is 7.92. The van der Waals surface area contributed by atoms with Crippen molar-refractivity contribution < 1.29 is 13.2 Å². The van der Waals surface area contributed by atoms with Crippen LogP contribution in [0.4, 0.5) is 5.69 Å². The molecule has 3 N–H and O–H groups in total. The molecule has 1 amide bonds. The Kier molecular flexibility index (Phi) is 5.56. The molecular formula is C14H22N2O3S. The summed E-state index contributed by atoms with van der Waals surface area (Å²) in [6, 6.07) is 5.95. The van der Waals surface area contributed by atoms with Gasteiger partial charge in [-0.1, -0.05) is 19.4 Å². The van der Waals surface area contributed by atoms with Gasteiger partial charge in [0.05, 0.1) is 4.90 Å². The van der Waals surface area contributed by atoms with Crippen molar-refractivity contribution in [2.45, 2.75) is 49.8 Å². The minimum absolute atomic E-state index is 0.0361. The Morgan fingerprint density at radius 2 is 2.00 bits per heavy atom. The number of nitrogens with one attached hydrogen (secondary N) is 1. The Hall–Kier alpha value is -1.56. The van der Waals surface area contributed by atoms with Crippen LogP contribution in [0.2, 0.25) is 0 Å². The Morgan fingerprint density at radius 3 is 2.55 bits per heavy atom. The van der Waals surface area contributed by atoms with Crippen molar-refractivity contribution in [1.82, 2.24) is 5.32 Å². The Morgan fingerprint density at radius 1 is 1.35 bits per heavy atom. The van der Waals surface area contributed by atoms with Crippen molar-refractivity contribution in [3.8, 4) is 0 Å². The van der Waals surface area contributed by atoms with E-state index in [1.807, 2.05) is 13.8 Å². The molecule has 0 spiro atoms. The number of hydrogen-bond donors (Lipinski definition) is 2. The molecule has 1 rings (SSSR count). The Labute approximate surface area is 120 Å².